The van der Waals surface area contributed by atoms with E-state index in [0.717, 1.165) is 16.3 Å². The number of hydrogen-bond acceptors (Lipinski definition) is 4. The van der Waals surface area contributed by atoms with E-state index in [9.17, 15) is 4.79 Å². The van der Waals surface area contributed by atoms with Gasteiger partial charge in [-0.1, -0.05) is 24.3 Å². The lowest BCUT2D eigenvalue weighted by Crippen LogP contribution is -2.19. The Hall–Kier alpha value is -2.15. The molecule has 0 unspecified atom stereocenters. The first kappa shape index (κ1) is 18.2. The van der Waals surface area contributed by atoms with Crippen molar-refractivity contribution >= 4 is 35.4 Å². The molecule has 1 aromatic heterocycles. The van der Waals surface area contributed by atoms with Crippen LogP contribution in [0.5, 0.6) is 5.75 Å². The lowest BCUT2D eigenvalue weighted by Gasteiger charge is -2.16. The van der Waals surface area contributed by atoms with Gasteiger partial charge in [0.2, 0.25) is 0 Å². The summed E-state index contributed by atoms with van der Waals surface area (Å²) >= 11 is 5.28. The van der Waals surface area contributed by atoms with Crippen LogP contribution in [-0.4, -0.2) is 23.2 Å². The summed E-state index contributed by atoms with van der Waals surface area (Å²) in [7, 11) is 1.61. The number of H-pyrrole nitrogens is 1. The Bertz CT molecular complexity index is 981. The number of ether oxygens (including phenoxy) is 1. The molecule has 5 nitrogen and oxygen atoms in total. The van der Waals surface area contributed by atoms with Gasteiger partial charge >= 0.3 is 0 Å². The van der Waals surface area contributed by atoms with E-state index in [1.165, 1.54) is 6.07 Å². The Kier molecular flexibility index (Phi) is 5.77. The van der Waals surface area contributed by atoms with E-state index >= 15 is 0 Å². The van der Waals surface area contributed by atoms with E-state index in [0.29, 0.717) is 29.3 Å². The number of nitrogens with zero attached hydrogens (tertiary/aromatic N) is 1. The normalized spacial score (nSPS) is 10.4. The van der Waals surface area contributed by atoms with Crippen molar-refractivity contribution in [2.24, 2.45) is 5.73 Å². The topological polar surface area (TPSA) is 73.0 Å². The summed E-state index contributed by atoms with van der Waals surface area (Å²) in [4.78, 5) is 14.5. The summed E-state index contributed by atoms with van der Waals surface area (Å²) in [5.41, 5.74) is 6.96. The molecule has 0 aliphatic carbocycles. The highest BCUT2D eigenvalue weighted by Crippen LogP contribution is 2.33. The van der Waals surface area contributed by atoms with Gasteiger partial charge in [-0.05, 0) is 35.1 Å². The molecule has 3 rings (SSSR count). The van der Waals surface area contributed by atoms with Crippen LogP contribution in [0.2, 0.25) is 0 Å². The van der Waals surface area contributed by atoms with Crippen LogP contribution in [0.15, 0.2) is 47.3 Å². The van der Waals surface area contributed by atoms with Crippen molar-refractivity contribution in [3.8, 4) is 17.0 Å². The smallest absolute Gasteiger partial charge is 0.252 e. The van der Waals surface area contributed by atoms with Crippen molar-refractivity contribution in [2.45, 2.75) is 6.54 Å². The SMILES string of the molecule is COc1cc2ccccc2cc1-c1cc(=O)[nH]c(=S)n1CCN.Cl. The molecule has 1 heterocycles. The van der Waals surface area contributed by atoms with Gasteiger partial charge in [0.1, 0.15) is 5.75 Å². The lowest BCUT2D eigenvalue weighted by atomic mass is 10.0. The summed E-state index contributed by atoms with van der Waals surface area (Å²) in [5.74, 6) is 0.689. The molecular formula is C17H18ClN3O2S. The van der Waals surface area contributed by atoms with Crippen molar-refractivity contribution < 1.29 is 4.74 Å². The Labute approximate surface area is 150 Å². The third kappa shape index (κ3) is 3.36. The molecule has 2 aromatic carbocycles. The monoisotopic (exact) mass is 363 g/mol. The van der Waals surface area contributed by atoms with Gasteiger partial charge in [-0.15, -0.1) is 12.4 Å². The van der Waals surface area contributed by atoms with Crippen molar-refractivity contribution in [3.63, 3.8) is 0 Å². The van der Waals surface area contributed by atoms with Crippen molar-refractivity contribution in [1.82, 2.24) is 9.55 Å². The van der Waals surface area contributed by atoms with Crippen molar-refractivity contribution in [1.29, 1.82) is 0 Å². The Morgan fingerprint density at radius 1 is 1.21 bits per heavy atom. The maximum absolute atomic E-state index is 11.9. The van der Waals surface area contributed by atoms with Crippen LogP contribution in [0.3, 0.4) is 0 Å². The van der Waals surface area contributed by atoms with Crippen LogP contribution in [-0.2, 0) is 6.54 Å². The number of rotatable bonds is 4. The molecule has 3 aromatic rings. The highest BCUT2D eigenvalue weighted by Gasteiger charge is 2.13. The summed E-state index contributed by atoms with van der Waals surface area (Å²) in [6.07, 6.45) is 0. The Morgan fingerprint density at radius 2 is 1.88 bits per heavy atom. The number of aromatic nitrogens is 2. The van der Waals surface area contributed by atoms with Gasteiger partial charge in [0.05, 0.1) is 12.8 Å². The zero-order chi connectivity index (χ0) is 16.4. The minimum Gasteiger partial charge on any atom is -0.496 e. The summed E-state index contributed by atoms with van der Waals surface area (Å²) in [6.45, 7) is 0.935. The van der Waals surface area contributed by atoms with Crippen LogP contribution in [0.25, 0.3) is 22.0 Å². The zero-order valence-electron chi connectivity index (χ0n) is 13.1. The third-order valence-corrected chi connectivity index (χ3v) is 4.05. The fraction of sp³-hybridized carbons (Fsp3) is 0.176. The van der Waals surface area contributed by atoms with Gasteiger partial charge in [-0.3, -0.25) is 9.78 Å². The van der Waals surface area contributed by atoms with E-state index in [2.05, 4.69) is 4.98 Å². The summed E-state index contributed by atoms with van der Waals surface area (Å²) in [5, 5.41) is 2.13. The number of halogens is 1. The first-order chi connectivity index (χ1) is 11.1. The average molecular weight is 364 g/mol. The van der Waals surface area contributed by atoms with Gasteiger partial charge in [0.25, 0.3) is 5.56 Å². The van der Waals surface area contributed by atoms with E-state index in [1.807, 2.05) is 41.0 Å². The molecule has 0 bridgehead atoms. The molecule has 0 saturated carbocycles. The Morgan fingerprint density at radius 3 is 2.50 bits per heavy atom. The molecule has 0 atom stereocenters. The third-order valence-electron chi connectivity index (χ3n) is 3.73. The highest BCUT2D eigenvalue weighted by atomic mass is 35.5. The number of aromatic amines is 1. The second-order valence-electron chi connectivity index (χ2n) is 5.16. The van der Waals surface area contributed by atoms with Crippen LogP contribution in [0, 0.1) is 4.77 Å². The predicted molar refractivity (Wildman–Crippen MR) is 102 cm³/mol. The fourth-order valence-corrected chi connectivity index (χ4v) is 2.97. The number of methoxy groups -OCH3 is 1. The number of fused-ring (bicyclic) bond motifs is 1. The molecule has 0 fully saturated rings. The predicted octanol–water partition coefficient (Wildman–Crippen LogP) is 3.12. The second-order valence-corrected chi connectivity index (χ2v) is 5.55. The molecule has 0 aliphatic rings. The Balaban J connectivity index is 0.00000208. The highest BCUT2D eigenvalue weighted by molar-refractivity contribution is 7.71. The van der Waals surface area contributed by atoms with Crippen molar-refractivity contribution in [3.05, 3.63) is 57.6 Å². The van der Waals surface area contributed by atoms with Gasteiger partial charge in [-0.2, -0.15) is 0 Å². The van der Waals surface area contributed by atoms with Gasteiger partial charge in [-0.25, -0.2) is 0 Å². The largest absolute Gasteiger partial charge is 0.496 e. The summed E-state index contributed by atoms with van der Waals surface area (Å²) in [6, 6.07) is 13.5. The lowest BCUT2D eigenvalue weighted by molar-refractivity contribution is 0.416. The minimum absolute atomic E-state index is 0. The van der Waals surface area contributed by atoms with Crippen molar-refractivity contribution in [2.75, 3.05) is 13.7 Å². The number of nitrogens with one attached hydrogen (secondary N) is 1. The van der Waals surface area contributed by atoms with Gasteiger partial charge < -0.3 is 15.0 Å². The molecule has 0 aliphatic heterocycles. The minimum atomic E-state index is -0.242. The standard InChI is InChI=1S/C17H17N3O2S.ClH/c1-22-15-9-12-5-3-2-4-11(12)8-13(15)14-10-16(21)19-17(23)20(14)7-6-18;/h2-5,8-10H,6-7,18H2,1H3,(H,19,21,23);1H. The van der Waals surface area contributed by atoms with Gasteiger partial charge in [0.15, 0.2) is 4.77 Å². The van der Waals surface area contributed by atoms with Crippen LogP contribution >= 0.6 is 24.6 Å². The first-order valence-electron chi connectivity index (χ1n) is 7.25. The zero-order valence-corrected chi connectivity index (χ0v) is 14.7. The molecule has 0 amide bonds. The van der Waals surface area contributed by atoms with Crippen LogP contribution in [0.1, 0.15) is 0 Å². The van der Waals surface area contributed by atoms with Crippen LogP contribution < -0.4 is 16.0 Å². The quantitative estimate of drug-likeness (QED) is 0.698. The van der Waals surface area contributed by atoms with Gasteiger partial charge in [0, 0.05) is 24.7 Å². The average Bonchev–Trinajstić information content (AvgIpc) is 2.56. The summed E-state index contributed by atoms with van der Waals surface area (Å²) < 4.78 is 7.71. The molecule has 3 N–H and O–H groups in total. The molecular weight excluding hydrogens is 346 g/mol. The molecule has 24 heavy (non-hydrogen) atoms. The molecule has 0 radical (unpaired) electrons. The molecule has 0 spiro atoms. The molecule has 0 saturated heterocycles. The van der Waals surface area contributed by atoms with E-state index in [1.54, 1.807) is 7.11 Å². The maximum atomic E-state index is 11.9. The van der Waals surface area contributed by atoms with Crippen LogP contribution in [0.4, 0.5) is 0 Å². The maximum Gasteiger partial charge on any atom is 0.252 e. The number of hydrogen-bond donors (Lipinski definition) is 2. The molecule has 7 heteroatoms. The molecule has 126 valence electrons. The second kappa shape index (κ2) is 7.61. The first-order valence-corrected chi connectivity index (χ1v) is 7.66. The van der Waals surface area contributed by atoms with E-state index in [4.69, 9.17) is 22.7 Å². The number of benzene rings is 2. The fourth-order valence-electron chi connectivity index (χ4n) is 2.68. The van der Waals surface area contributed by atoms with E-state index in [-0.39, 0.29) is 18.0 Å². The van der Waals surface area contributed by atoms with E-state index < -0.39 is 0 Å². The number of nitrogens with two attached hydrogens (primary N) is 1.